The molecule has 0 spiro atoms. The van der Waals surface area contributed by atoms with E-state index in [0.717, 1.165) is 19.3 Å². The Balaban J connectivity index is 2.53. The van der Waals surface area contributed by atoms with E-state index in [1.54, 1.807) is 0 Å². The first-order valence-electron chi connectivity index (χ1n) is 5.76. The van der Waals surface area contributed by atoms with E-state index in [4.69, 9.17) is 4.74 Å². The fourth-order valence-corrected chi connectivity index (χ4v) is 1.73. The van der Waals surface area contributed by atoms with Gasteiger partial charge in [0.15, 0.2) is 0 Å². The van der Waals surface area contributed by atoms with Crippen molar-refractivity contribution in [3.63, 3.8) is 0 Å². The fraction of sp³-hybridized carbons (Fsp3) is 0.750. The SMILES string of the molecule is CCC[C@@H]1C/C=C/[C@@H](O)CCCC(=O)O1. The molecule has 0 aromatic carbocycles. The molecule has 1 aliphatic heterocycles. The molecular formula is C12H20O3. The quantitative estimate of drug-likeness (QED) is 0.563. The molecule has 0 saturated carbocycles. The second kappa shape index (κ2) is 6.62. The number of hydrogen-bond acceptors (Lipinski definition) is 3. The summed E-state index contributed by atoms with van der Waals surface area (Å²) in [6.07, 6.45) is 7.70. The Labute approximate surface area is 91.1 Å². The maximum atomic E-state index is 11.4. The van der Waals surface area contributed by atoms with Crippen molar-refractivity contribution in [2.24, 2.45) is 0 Å². The summed E-state index contributed by atoms with van der Waals surface area (Å²) in [6, 6.07) is 0. The van der Waals surface area contributed by atoms with Crippen LogP contribution < -0.4 is 0 Å². The summed E-state index contributed by atoms with van der Waals surface area (Å²) >= 11 is 0. The Morgan fingerprint density at radius 2 is 2.40 bits per heavy atom. The number of hydrogen-bond donors (Lipinski definition) is 1. The first-order valence-corrected chi connectivity index (χ1v) is 5.76. The van der Waals surface area contributed by atoms with Crippen LogP contribution in [0.25, 0.3) is 0 Å². The molecule has 15 heavy (non-hydrogen) atoms. The average molecular weight is 212 g/mol. The summed E-state index contributed by atoms with van der Waals surface area (Å²) < 4.78 is 5.33. The molecule has 3 nitrogen and oxygen atoms in total. The summed E-state index contributed by atoms with van der Waals surface area (Å²) in [5, 5.41) is 9.49. The Morgan fingerprint density at radius 1 is 1.60 bits per heavy atom. The minimum Gasteiger partial charge on any atom is -0.462 e. The predicted octanol–water partition coefficient (Wildman–Crippen LogP) is 2.19. The lowest BCUT2D eigenvalue weighted by molar-refractivity contribution is -0.149. The second-order valence-corrected chi connectivity index (χ2v) is 4.02. The van der Waals surface area contributed by atoms with Gasteiger partial charge in [0.25, 0.3) is 0 Å². The van der Waals surface area contributed by atoms with Crippen LogP contribution in [0.1, 0.15) is 45.4 Å². The monoisotopic (exact) mass is 212 g/mol. The maximum absolute atomic E-state index is 11.4. The van der Waals surface area contributed by atoms with Crippen molar-refractivity contribution in [2.75, 3.05) is 0 Å². The zero-order chi connectivity index (χ0) is 11.1. The molecule has 0 bridgehead atoms. The number of cyclic esters (lactones) is 1. The van der Waals surface area contributed by atoms with Crippen LogP contribution in [0.15, 0.2) is 12.2 Å². The van der Waals surface area contributed by atoms with Crippen molar-refractivity contribution < 1.29 is 14.6 Å². The summed E-state index contributed by atoms with van der Waals surface area (Å²) in [7, 11) is 0. The van der Waals surface area contributed by atoms with Gasteiger partial charge in [-0.15, -0.1) is 0 Å². The molecule has 0 fully saturated rings. The Hall–Kier alpha value is -0.830. The smallest absolute Gasteiger partial charge is 0.306 e. The van der Waals surface area contributed by atoms with Gasteiger partial charge in [0, 0.05) is 12.8 Å². The molecule has 1 rings (SSSR count). The van der Waals surface area contributed by atoms with Gasteiger partial charge in [0.2, 0.25) is 0 Å². The molecule has 1 heterocycles. The standard InChI is InChI=1S/C12H20O3/c1-2-5-11-8-3-6-10(13)7-4-9-12(14)15-11/h3,6,10-11,13H,2,4-5,7-9H2,1H3/b6-3+/t10-,11-/m1/s1. The fourth-order valence-electron chi connectivity index (χ4n) is 1.73. The van der Waals surface area contributed by atoms with Crippen molar-refractivity contribution in [1.82, 2.24) is 0 Å². The van der Waals surface area contributed by atoms with Crippen molar-refractivity contribution in [3.8, 4) is 0 Å². The molecule has 0 amide bonds. The van der Waals surface area contributed by atoms with Crippen LogP contribution in [-0.2, 0) is 9.53 Å². The van der Waals surface area contributed by atoms with Crippen LogP contribution >= 0.6 is 0 Å². The van der Waals surface area contributed by atoms with Crippen LogP contribution in [-0.4, -0.2) is 23.3 Å². The van der Waals surface area contributed by atoms with Crippen molar-refractivity contribution in [3.05, 3.63) is 12.2 Å². The lowest BCUT2D eigenvalue weighted by Gasteiger charge is -2.17. The Kier molecular flexibility index (Phi) is 5.40. The highest BCUT2D eigenvalue weighted by Crippen LogP contribution is 2.13. The van der Waals surface area contributed by atoms with Gasteiger partial charge in [0.1, 0.15) is 6.10 Å². The third kappa shape index (κ3) is 4.98. The van der Waals surface area contributed by atoms with E-state index in [2.05, 4.69) is 6.92 Å². The number of aliphatic hydroxyl groups excluding tert-OH is 1. The van der Waals surface area contributed by atoms with Crippen LogP contribution in [0.2, 0.25) is 0 Å². The van der Waals surface area contributed by atoms with Crippen LogP contribution in [0.3, 0.4) is 0 Å². The summed E-state index contributed by atoms with van der Waals surface area (Å²) in [5.41, 5.74) is 0. The third-order valence-electron chi connectivity index (χ3n) is 2.55. The highest BCUT2D eigenvalue weighted by Gasteiger charge is 2.14. The minimum atomic E-state index is -0.404. The average Bonchev–Trinajstić information content (AvgIpc) is 2.17. The van der Waals surface area contributed by atoms with Gasteiger partial charge in [-0.1, -0.05) is 25.5 Å². The molecule has 0 aromatic rings. The van der Waals surface area contributed by atoms with Crippen LogP contribution in [0.5, 0.6) is 0 Å². The lowest BCUT2D eigenvalue weighted by Crippen LogP contribution is -2.19. The predicted molar refractivity (Wildman–Crippen MR) is 58.4 cm³/mol. The zero-order valence-corrected chi connectivity index (χ0v) is 9.32. The van der Waals surface area contributed by atoms with E-state index in [-0.39, 0.29) is 12.1 Å². The third-order valence-corrected chi connectivity index (χ3v) is 2.55. The molecule has 0 aliphatic carbocycles. The highest BCUT2D eigenvalue weighted by atomic mass is 16.5. The molecule has 1 aliphatic rings. The van der Waals surface area contributed by atoms with Crippen LogP contribution in [0, 0.1) is 0 Å². The van der Waals surface area contributed by atoms with Crippen LogP contribution in [0.4, 0.5) is 0 Å². The van der Waals surface area contributed by atoms with Gasteiger partial charge >= 0.3 is 5.97 Å². The van der Waals surface area contributed by atoms with Gasteiger partial charge in [-0.05, 0) is 19.3 Å². The molecule has 3 heteroatoms. The maximum Gasteiger partial charge on any atom is 0.306 e. The summed E-state index contributed by atoms with van der Waals surface area (Å²) in [4.78, 5) is 11.4. The highest BCUT2D eigenvalue weighted by molar-refractivity contribution is 5.69. The van der Waals surface area contributed by atoms with Gasteiger partial charge < -0.3 is 9.84 Å². The van der Waals surface area contributed by atoms with Crippen molar-refractivity contribution in [2.45, 2.75) is 57.7 Å². The van der Waals surface area contributed by atoms with E-state index < -0.39 is 6.10 Å². The molecule has 1 N–H and O–H groups in total. The van der Waals surface area contributed by atoms with Gasteiger partial charge in [0.05, 0.1) is 6.10 Å². The summed E-state index contributed by atoms with van der Waals surface area (Å²) in [5.74, 6) is -0.129. The Bertz CT molecular complexity index is 223. The second-order valence-electron chi connectivity index (χ2n) is 4.02. The number of ether oxygens (including phenoxy) is 1. The topological polar surface area (TPSA) is 46.5 Å². The summed E-state index contributed by atoms with van der Waals surface area (Å²) in [6.45, 7) is 2.07. The van der Waals surface area contributed by atoms with E-state index in [9.17, 15) is 9.90 Å². The lowest BCUT2D eigenvalue weighted by atomic mass is 10.1. The molecule has 0 saturated heterocycles. The van der Waals surface area contributed by atoms with Gasteiger partial charge in [-0.25, -0.2) is 0 Å². The number of rotatable bonds is 2. The molecule has 86 valence electrons. The van der Waals surface area contributed by atoms with Gasteiger partial charge in [-0.3, -0.25) is 4.79 Å². The van der Waals surface area contributed by atoms with E-state index in [0.29, 0.717) is 19.3 Å². The first-order chi connectivity index (χ1) is 7.22. The number of carbonyl (C=O) groups is 1. The zero-order valence-electron chi connectivity index (χ0n) is 9.32. The molecule has 0 aromatic heterocycles. The molecule has 0 radical (unpaired) electrons. The van der Waals surface area contributed by atoms with E-state index >= 15 is 0 Å². The molecule has 2 atom stereocenters. The number of carbonyl (C=O) groups excluding carboxylic acids is 1. The normalized spacial score (nSPS) is 30.7. The molecular weight excluding hydrogens is 192 g/mol. The number of esters is 1. The van der Waals surface area contributed by atoms with Crippen molar-refractivity contribution >= 4 is 5.97 Å². The largest absolute Gasteiger partial charge is 0.462 e. The Morgan fingerprint density at radius 3 is 3.13 bits per heavy atom. The van der Waals surface area contributed by atoms with E-state index in [1.807, 2.05) is 12.2 Å². The molecule has 0 unspecified atom stereocenters. The van der Waals surface area contributed by atoms with Crippen molar-refractivity contribution in [1.29, 1.82) is 0 Å². The van der Waals surface area contributed by atoms with Gasteiger partial charge in [-0.2, -0.15) is 0 Å². The first kappa shape index (κ1) is 12.2. The van der Waals surface area contributed by atoms with E-state index in [1.165, 1.54) is 0 Å². The number of aliphatic hydroxyl groups is 1. The minimum absolute atomic E-state index is 0.0101.